The maximum atomic E-state index is 12.3. The second kappa shape index (κ2) is 7.92. The number of amides is 1. The molecule has 1 amide bonds. The molecule has 3 aromatic rings. The molecule has 1 N–H and O–H groups in total. The quantitative estimate of drug-likeness (QED) is 0.513. The average molecular weight is 370 g/mol. The predicted octanol–water partition coefficient (Wildman–Crippen LogP) is 6.66. The highest BCUT2D eigenvalue weighted by molar-refractivity contribution is 6.40. The van der Waals surface area contributed by atoms with Gasteiger partial charge in [0.05, 0.1) is 27.0 Å². The summed E-state index contributed by atoms with van der Waals surface area (Å²) < 4.78 is 0. The largest absolute Gasteiger partial charge is 0.322 e. The smallest absolute Gasteiger partial charge is 0.258 e. The van der Waals surface area contributed by atoms with Crippen molar-refractivity contribution in [1.82, 2.24) is 0 Å². The summed E-state index contributed by atoms with van der Waals surface area (Å²) in [5.41, 5.74) is 2.31. The molecule has 0 aromatic heterocycles. The highest BCUT2D eigenvalue weighted by Gasteiger charge is 2.14. The summed E-state index contributed by atoms with van der Waals surface area (Å²) in [7, 11) is 0. The molecule has 0 unspecified atom stereocenters. The fraction of sp³-hybridized carbons (Fsp3) is 0. The first-order valence-corrected chi connectivity index (χ1v) is 8.21. The van der Waals surface area contributed by atoms with Crippen LogP contribution >= 0.6 is 23.2 Å². The molecule has 25 heavy (non-hydrogen) atoms. The Morgan fingerprint density at radius 1 is 0.720 bits per heavy atom. The van der Waals surface area contributed by atoms with Gasteiger partial charge in [0.15, 0.2) is 0 Å². The van der Waals surface area contributed by atoms with Crippen LogP contribution in [0.3, 0.4) is 0 Å². The minimum atomic E-state index is -0.366. The lowest BCUT2D eigenvalue weighted by Crippen LogP contribution is -2.12. The Bertz CT molecular complexity index is 889. The number of hydrogen-bond donors (Lipinski definition) is 1. The van der Waals surface area contributed by atoms with Crippen LogP contribution in [0.5, 0.6) is 0 Å². The molecule has 0 aliphatic carbocycles. The minimum absolute atomic E-state index is 0.249. The lowest BCUT2D eigenvalue weighted by Gasteiger charge is -2.08. The molecule has 3 aromatic carbocycles. The van der Waals surface area contributed by atoms with Gasteiger partial charge >= 0.3 is 0 Å². The van der Waals surface area contributed by atoms with Crippen LogP contribution in [0.15, 0.2) is 83.0 Å². The summed E-state index contributed by atoms with van der Waals surface area (Å²) in [4.78, 5) is 12.3. The van der Waals surface area contributed by atoms with Gasteiger partial charge in [-0.1, -0.05) is 47.5 Å². The van der Waals surface area contributed by atoms with E-state index in [1.807, 2.05) is 30.3 Å². The van der Waals surface area contributed by atoms with Crippen LogP contribution in [0.1, 0.15) is 10.4 Å². The SMILES string of the molecule is O=C(Nc1ccc(N=Nc2ccccc2)cc1)c1c(Cl)cccc1Cl. The van der Waals surface area contributed by atoms with Crippen molar-refractivity contribution in [3.63, 3.8) is 0 Å². The standard InChI is InChI=1S/C19H13Cl2N3O/c20-16-7-4-8-17(21)18(16)19(25)22-13-9-11-15(12-10-13)24-23-14-5-2-1-3-6-14/h1-12H,(H,22,25). The maximum Gasteiger partial charge on any atom is 0.258 e. The lowest BCUT2D eigenvalue weighted by atomic mass is 10.2. The van der Waals surface area contributed by atoms with Gasteiger partial charge in [-0.15, -0.1) is 0 Å². The molecule has 6 heteroatoms. The number of nitrogens with zero attached hydrogens (tertiary/aromatic N) is 2. The Balaban J connectivity index is 1.70. The molecule has 0 bridgehead atoms. The van der Waals surface area contributed by atoms with Gasteiger partial charge in [0.25, 0.3) is 5.91 Å². The molecule has 0 radical (unpaired) electrons. The monoisotopic (exact) mass is 369 g/mol. The molecule has 0 spiro atoms. The van der Waals surface area contributed by atoms with E-state index in [-0.39, 0.29) is 11.5 Å². The topological polar surface area (TPSA) is 53.8 Å². The number of anilines is 1. The summed E-state index contributed by atoms with van der Waals surface area (Å²) in [5, 5.41) is 11.7. The van der Waals surface area contributed by atoms with Crippen LogP contribution in [0.4, 0.5) is 17.1 Å². The second-order valence-electron chi connectivity index (χ2n) is 5.13. The fourth-order valence-corrected chi connectivity index (χ4v) is 2.70. The van der Waals surface area contributed by atoms with Gasteiger partial charge in [-0.05, 0) is 48.5 Å². The van der Waals surface area contributed by atoms with E-state index in [0.717, 1.165) is 5.69 Å². The van der Waals surface area contributed by atoms with Crippen LogP contribution in [-0.4, -0.2) is 5.91 Å². The third-order valence-electron chi connectivity index (χ3n) is 3.35. The first kappa shape index (κ1) is 17.1. The maximum absolute atomic E-state index is 12.3. The Hall–Kier alpha value is -2.69. The van der Waals surface area contributed by atoms with Gasteiger partial charge < -0.3 is 5.32 Å². The molecular formula is C19H13Cl2N3O. The van der Waals surface area contributed by atoms with E-state index in [0.29, 0.717) is 21.4 Å². The molecule has 0 saturated heterocycles. The Morgan fingerprint density at radius 2 is 1.28 bits per heavy atom. The van der Waals surface area contributed by atoms with Crippen molar-refractivity contribution < 1.29 is 4.79 Å². The summed E-state index contributed by atoms with van der Waals surface area (Å²) in [6.45, 7) is 0. The highest BCUT2D eigenvalue weighted by Crippen LogP contribution is 2.26. The molecule has 0 fully saturated rings. The Morgan fingerprint density at radius 3 is 1.88 bits per heavy atom. The average Bonchev–Trinajstić information content (AvgIpc) is 2.62. The molecule has 0 heterocycles. The van der Waals surface area contributed by atoms with Crippen LogP contribution in [0.25, 0.3) is 0 Å². The normalized spacial score (nSPS) is 10.8. The Kier molecular flexibility index (Phi) is 5.43. The van der Waals surface area contributed by atoms with E-state index in [4.69, 9.17) is 23.2 Å². The number of nitrogens with one attached hydrogen (secondary N) is 1. The first-order valence-electron chi connectivity index (χ1n) is 7.46. The molecule has 4 nitrogen and oxygen atoms in total. The molecule has 0 aliphatic rings. The first-order chi connectivity index (χ1) is 12.1. The zero-order valence-electron chi connectivity index (χ0n) is 13.0. The Labute approximate surface area is 155 Å². The molecule has 0 atom stereocenters. The van der Waals surface area contributed by atoms with Crippen LogP contribution in [-0.2, 0) is 0 Å². The molecule has 3 rings (SSSR count). The third-order valence-corrected chi connectivity index (χ3v) is 3.98. The number of rotatable bonds is 4. The van der Waals surface area contributed by atoms with Gasteiger partial charge in [-0.3, -0.25) is 4.79 Å². The predicted molar refractivity (Wildman–Crippen MR) is 101 cm³/mol. The van der Waals surface area contributed by atoms with Crippen LogP contribution in [0.2, 0.25) is 10.0 Å². The number of hydrogen-bond acceptors (Lipinski definition) is 3. The fourth-order valence-electron chi connectivity index (χ4n) is 2.13. The summed E-state index contributed by atoms with van der Waals surface area (Å²) >= 11 is 12.1. The number of azo groups is 1. The highest BCUT2D eigenvalue weighted by atomic mass is 35.5. The van der Waals surface area contributed by atoms with Gasteiger partial charge in [-0.25, -0.2) is 0 Å². The van der Waals surface area contributed by atoms with E-state index in [1.165, 1.54) is 0 Å². The summed E-state index contributed by atoms with van der Waals surface area (Å²) in [6.07, 6.45) is 0. The second-order valence-corrected chi connectivity index (χ2v) is 5.95. The van der Waals surface area contributed by atoms with Crippen molar-refractivity contribution in [2.75, 3.05) is 5.32 Å². The van der Waals surface area contributed by atoms with E-state index in [9.17, 15) is 4.79 Å². The molecule has 0 aliphatic heterocycles. The van der Waals surface area contributed by atoms with Crippen molar-refractivity contribution in [1.29, 1.82) is 0 Å². The van der Waals surface area contributed by atoms with Crippen molar-refractivity contribution in [2.24, 2.45) is 10.2 Å². The number of benzene rings is 3. The van der Waals surface area contributed by atoms with E-state index in [2.05, 4.69) is 15.5 Å². The van der Waals surface area contributed by atoms with Gasteiger partial charge in [0.2, 0.25) is 0 Å². The van der Waals surface area contributed by atoms with Gasteiger partial charge in [0, 0.05) is 5.69 Å². The van der Waals surface area contributed by atoms with Crippen molar-refractivity contribution in [2.45, 2.75) is 0 Å². The third kappa shape index (κ3) is 4.44. The minimum Gasteiger partial charge on any atom is -0.322 e. The van der Waals surface area contributed by atoms with Crippen LogP contribution in [0, 0.1) is 0 Å². The summed E-state index contributed by atoms with van der Waals surface area (Å²) in [6, 6.07) is 21.4. The van der Waals surface area contributed by atoms with Crippen molar-refractivity contribution >= 4 is 46.2 Å². The summed E-state index contributed by atoms with van der Waals surface area (Å²) in [5.74, 6) is -0.366. The van der Waals surface area contributed by atoms with E-state index in [1.54, 1.807) is 42.5 Å². The lowest BCUT2D eigenvalue weighted by molar-refractivity contribution is 0.102. The zero-order chi connectivity index (χ0) is 17.6. The van der Waals surface area contributed by atoms with Crippen molar-refractivity contribution in [3.05, 3.63) is 88.4 Å². The molecule has 124 valence electrons. The van der Waals surface area contributed by atoms with Gasteiger partial charge in [0.1, 0.15) is 0 Å². The zero-order valence-corrected chi connectivity index (χ0v) is 14.5. The van der Waals surface area contributed by atoms with Crippen LogP contribution < -0.4 is 5.32 Å². The number of carbonyl (C=O) groups is 1. The van der Waals surface area contributed by atoms with Gasteiger partial charge in [-0.2, -0.15) is 10.2 Å². The van der Waals surface area contributed by atoms with Crippen molar-refractivity contribution in [3.8, 4) is 0 Å². The van der Waals surface area contributed by atoms with E-state index < -0.39 is 0 Å². The number of halogens is 2. The van der Waals surface area contributed by atoms with E-state index >= 15 is 0 Å². The molecular weight excluding hydrogens is 357 g/mol. The number of carbonyl (C=O) groups excluding carboxylic acids is 1. The molecule has 0 saturated carbocycles.